The summed E-state index contributed by atoms with van der Waals surface area (Å²) in [6, 6.07) is 9.46. The molecule has 0 saturated carbocycles. The quantitative estimate of drug-likeness (QED) is 0.634. The molecule has 2 aromatic carbocycles. The third kappa shape index (κ3) is 4.75. The lowest BCUT2D eigenvalue weighted by Gasteiger charge is -2.09. The van der Waals surface area contributed by atoms with Crippen LogP contribution >= 0.6 is 11.6 Å². The van der Waals surface area contributed by atoms with Gasteiger partial charge in [0.1, 0.15) is 0 Å². The highest BCUT2D eigenvalue weighted by Crippen LogP contribution is 2.32. The Labute approximate surface area is 135 Å². The number of amides is 1. The molecule has 0 aliphatic rings. The van der Waals surface area contributed by atoms with Crippen LogP contribution in [-0.2, 0) is 11.0 Å². The van der Waals surface area contributed by atoms with Crippen LogP contribution in [0.15, 0.2) is 48.5 Å². The molecule has 0 atom stereocenters. The second-order valence-electron chi connectivity index (χ2n) is 4.68. The molecule has 3 nitrogen and oxygen atoms in total. The van der Waals surface area contributed by atoms with E-state index >= 15 is 0 Å². The number of anilines is 2. The maximum absolute atomic E-state index is 12.8. The van der Waals surface area contributed by atoms with Gasteiger partial charge < -0.3 is 11.1 Å². The van der Waals surface area contributed by atoms with Gasteiger partial charge in [0.2, 0.25) is 5.91 Å². The molecule has 2 aromatic rings. The fourth-order valence-electron chi connectivity index (χ4n) is 1.93. The van der Waals surface area contributed by atoms with Crippen molar-refractivity contribution in [3.8, 4) is 0 Å². The number of hydrogen-bond acceptors (Lipinski definition) is 2. The maximum atomic E-state index is 12.8. The fourth-order valence-corrected chi connectivity index (χ4v) is 2.18. The Balaban J connectivity index is 2.16. The van der Waals surface area contributed by atoms with Gasteiger partial charge in [-0.15, -0.1) is 0 Å². The van der Waals surface area contributed by atoms with Gasteiger partial charge in [-0.3, -0.25) is 4.79 Å². The highest BCUT2D eigenvalue weighted by molar-refractivity contribution is 6.31. The van der Waals surface area contributed by atoms with E-state index in [0.717, 1.165) is 18.2 Å². The lowest BCUT2D eigenvalue weighted by molar-refractivity contribution is -0.137. The van der Waals surface area contributed by atoms with Crippen molar-refractivity contribution >= 4 is 35.0 Å². The van der Waals surface area contributed by atoms with E-state index in [-0.39, 0.29) is 5.56 Å². The normalized spacial score (nSPS) is 11.7. The number of benzene rings is 2. The molecule has 0 radical (unpaired) electrons. The summed E-state index contributed by atoms with van der Waals surface area (Å²) in [4.78, 5) is 11.8. The van der Waals surface area contributed by atoms with E-state index in [2.05, 4.69) is 5.32 Å². The Morgan fingerprint density at radius 1 is 1.17 bits per heavy atom. The third-order valence-corrected chi connectivity index (χ3v) is 3.09. The van der Waals surface area contributed by atoms with Crippen molar-refractivity contribution in [1.29, 1.82) is 0 Å². The monoisotopic (exact) mass is 340 g/mol. The van der Waals surface area contributed by atoms with E-state index in [1.165, 1.54) is 36.4 Å². The van der Waals surface area contributed by atoms with Crippen molar-refractivity contribution in [3.63, 3.8) is 0 Å². The standard InChI is InChI=1S/C16H12ClF3N2O/c17-11-7-12(21)9-13(8-11)22-15(23)6-5-10-3-1-2-4-14(10)16(18,19)20/h1-9H,21H2,(H,22,23). The van der Waals surface area contributed by atoms with Gasteiger partial charge in [0.15, 0.2) is 0 Å². The molecule has 0 bridgehead atoms. The Morgan fingerprint density at radius 2 is 1.87 bits per heavy atom. The summed E-state index contributed by atoms with van der Waals surface area (Å²) in [5.41, 5.74) is 5.40. The van der Waals surface area contributed by atoms with Gasteiger partial charge in [-0.2, -0.15) is 13.2 Å². The first-order chi connectivity index (χ1) is 10.8. The van der Waals surface area contributed by atoms with Crippen LogP contribution in [0.25, 0.3) is 6.08 Å². The molecule has 23 heavy (non-hydrogen) atoms. The zero-order valence-corrected chi connectivity index (χ0v) is 12.4. The molecule has 0 saturated heterocycles. The van der Waals surface area contributed by atoms with Gasteiger partial charge in [0.25, 0.3) is 0 Å². The van der Waals surface area contributed by atoms with Gasteiger partial charge in [-0.25, -0.2) is 0 Å². The SMILES string of the molecule is Nc1cc(Cl)cc(NC(=O)C=Cc2ccccc2C(F)(F)F)c1. The average molecular weight is 341 g/mol. The second kappa shape index (κ2) is 6.75. The summed E-state index contributed by atoms with van der Waals surface area (Å²) in [6.45, 7) is 0. The van der Waals surface area contributed by atoms with Crippen LogP contribution in [0.5, 0.6) is 0 Å². The van der Waals surface area contributed by atoms with Crippen LogP contribution in [0, 0.1) is 0 Å². The van der Waals surface area contributed by atoms with Crippen LogP contribution in [0.1, 0.15) is 11.1 Å². The zero-order valence-electron chi connectivity index (χ0n) is 11.7. The summed E-state index contributed by atoms with van der Waals surface area (Å²) in [6.07, 6.45) is -2.37. The summed E-state index contributed by atoms with van der Waals surface area (Å²) >= 11 is 5.80. The van der Waals surface area contributed by atoms with Crippen molar-refractivity contribution in [1.82, 2.24) is 0 Å². The summed E-state index contributed by atoms with van der Waals surface area (Å²) in [7, 11) is 0. The van der Waals surface area contributed by atoms with Gasteiger partial charge >= 0.3 is 6.18 Å². The lowest BCUT2D eigenvalue weighted by atomic mass is 10.1. The highest BCUT2D eigenvalue weighted by atomic mass is 35.5. The first-order valence-corrected chi connectivity index (χ1v) is 6.85. The molecule has 0 aliphatic heterocycles. The maximum Gasteiger partial charge on any atom is 0.416 e. The van der Waals surface area contributed by atoms with Crippen molar-refractivity contribution in [2.75, 3.05) is 11.1 Å². The minimum atomic E-state index is -4.49. The minimum Gasteiger partial charge on any atom is -0.399 e. The predicted molar refractivity (Wildman–Crippen MR) is 85.0 cm³/mol. The topological polar surface area (TPSA) is 55.1 Å². The molecule has 120 valence electrons. The van der Waals surface area contributed by atoms with Crippen LogP contribution in [0.3, 0.4) is 0 Å². The van der Waals surface area contributed by atoms with Crippen molar-refractivity contribution in [2.45, 2.75) is 6.18 Å². The van der Waals surface area contributed by atoms with Gasteiger partial charge in [-0.1, -0.05) is 29.8 Å². The first-order valence-electron chi connectivity index (χ1n) is 6.47. The molecule has 0 fully saturated rings. The zero-order chi connectivity index (χ0) is 17.0. The van der Waals surface area contributed by atoms with Crippen molar-refractivity contribution < 1.29 is 18.0 Å². The highest BCUT2D eigenvalue weighted by Gasteiger charge is 2.32. The Hall–Kier alpha value is -2.47. The first kappa shape index (κ1) is 16.9. The Bertz CT molecular complexity index is 737. The number of alkyl halides is 3. The van der Waals surface area contributed by atoms with E-state index in [9.17, 15) is 18.0 Å². The van der Waals surface area contributed by atoms with E-state index in [1.807, 2.05) is 0 Å². The molecule has 0 aliphatic carbocycles. The number of nitrogens with two attached hydrogens (primary N) is 1. The number of carbonyl (C=O) groups excluding carboxylic acids is 1. The number of halogens is 4. The molecule has 0 aromatic heterocycles. The third-order valence-electron chi connectivity index (χ3n) is 2.87. The Kier molecular flexibility index (Phi) is 4.95. The summed E-state index contributed by atoms with van der Waals surface area (Å²) < 4.78 is 38.5. The molecular weight excluding hydrogens is 329 g/mol. The molecule has 0 unspecified atom stereocenters. The van der Waals surface area contributed by atoms with Crippen molar-refractivity contribution in [3.05, 3.63) is 64.7 Å². The lowest BCUT2D eigenvalue weighted by Crippen LogP contribution is -2.09. The Morgan fingerprint density at radius 3 is 2.52 bits per heavy atom. The fraction of sp³-hybridized carbons (Fsp3) is 0.0625. The molecule has 7 heteroatoms. The van der Waals surface area contributed by atoms with Crippen LogP contribution in [-0.4, -0.2) is 5.91 Å². The van der Waals surface area contributed by atoms with E-state index in [4.69, 9.17) is 17.3 Å². The minimum absolute atomic E-state index is 0.0965. The summed E-state index contributed by atoms with van der Waals surface area (Å²) in [5.74, 6) is -0.594. The number of nitrogens with one attached hydrogen (secondary N) is 1. The average Bonchev–Trinajstić information content (AvgIpc) is 2.43. The van der Waals surface area contributed by atoms with E-state index in [1.54, 1.807) is 0 Å². The van der Waals surface area contributed by atoms with E-state index in [0.29, 0.717) is 16.4 Å². The number of carbonyl (C=O) groups is 1. The second-order valence-corrected chi connectivity index (χ2v) is 5.12. The van der Waals surface area contributed by atoms with Crippen LogP contribution in [0.2, 0.25) is 5.02 Å². The van der Waals surface area contributed by atoms with E-state index < -0.39 is 17.6 Å². The van der Waals surface area contributed by atoms with Gasteiger partial charge in [0.05, 0.1) is 5.56 Å². The van der Waals surface area contributed by atoms with Crippen LogP contribution < -0.4 is 11.1 Å². The van der Waals surface area contributed by atoms with Gasteiger partial charge in [-0.05, 0) is 35.9 Å². The smallest absolute Gasteiger partial charge is 0.399 e. The largest absolute Gasteiger partial charge is 0.416 e. The molecular formula is C16H12ClF3N2O. The molecule has 0 heterocycles. The molecule has 2 rings (SSSR count). The van der Waals surface area contributed by atoms with Gasteiger partial charge in [0, 0.05) is 22.5 Å². The van der Waals surface area contributed by atoms with Crippen molar-refractivity contribution in [2.24, 2.45) is 0 Å². The molecule has 1 amide bonds. The molecule has 3 N–H and O–H groups in total. The predicted octanol–water partition coefficient (Wildman–Crippen LogP) is 4.59. The molecule has 0 spiro atoms. The number of nitrogen functional groups attached to an aromatic ring is 1. The number of hydrogen-bond donors (Lipinski definition) is 2. The van der Waals surface area contributed by atoms with Crippen LogP contribution in [0.4, 0.5) is 24.5 Å². The number of rotatable bonds is 3. The summed E-state index contributed by atoms with van der Waals surface area (Å²) in [5, 5.41) is 2.82.